The molecule has 1 saturated carbocycles. The Balaban J connectivity index is 1.76. The van der Waals surface area contributed by atoms with Crippen LogP contribution in [-0.4, -0.2) is 23.3 Å². The van der Waals surface area contributed by atoms with Gasteiger partial charge in [-0.1, -0.05) is 11.6 Å². The maximum Gasteiger partial charge on any atom is 0.315 e. The van der Waals surface area contributed by atoms with E-state index in [-0.39, 0.29) is 12.1 Å². The quantitative estimate of drug-likeness (QED) is 0.798. The maximum atomic E-state index is 11.7. The van der Waals surface area contributed by atoms with Crippen molar-refractivity contribution >= 4 is 29.0 Å². The third kappa shape index (κ3) is 3.37. The molecule has 6 heteroatoms. The summed E-state index contributed by atoms with van der Waals surface area (Å²) in [5, 5.41) is 15.4. The summed E-state index contributed by atoms with van der Waals surface area (Å²) in [5.41, 5.74) is -0.688. The summed E-state index contributed by atoms with van der Waals surface area (Å²) in [7, 11) is 0. The Morgan fingerprint density at radius 1 is 1.61 bits per heavy atom. The van der Waals surface area contributed by atoms with Crippen LogP contribution in [0.5, 0.6) is 0 Å². The van der Waals surface area contributed by atoms with E-state index in [1.165, 1.54) is 11.3 Å². The molecule has 0 saturated heterocycles. The summed E-state index contributed by atoms with van der Waals surface area (Å²) in [6, 6.07) is 3.37. The summed E-state index contributed by atoms with van der Waals surface area (Å²) in [4.78, 5) is 12.7. The molecule has 1 fully saturated rings. The topological polar surface area (TPSA) is 61.4 Å². The second-order valence-electron chi connectivity index (χ2n) is 4.77. The van der Waals surface area contributed by atoms with Gasteiger partial charge in [-0.05, 0) is 38.3 Å². The molecule has 2 amide bonds. The van der Waals surface area contributed by atoms with Gasteiger partial charge in [0.05, 0.1) is 16.0 Å². The Kier molecular flexibility index (Phi) is 4.14. The van der Waals surface area contributed by atoms with Gasteiger partial charge >= 0.3 is 6.03 Å². The molecule has 4 nitrogen and oxygen atoms in total. The number of nitrogens with one attached hydrogen (secondary N) is 2. The van der Waals surface area contributed by atoms with Crippen LogP contribution < -0.4 is 10.6 Å². The van der Waals surface area contributed by atoms with E-state index in [4.69, 9.17) is 11.6 Å². The van der Waals surface area contributed by atoms with Gasteiger partial charge in [0.1, 0.15) is 0 Å². The predicted octanol–water partition coefficient (Wildman–Crippen LogP) is 2.68. The van der Waals surface area contributed by atoms with Gasteiger partial charge in [0.2, 0.25) is 0 Å². The van der Waals surface area contributed by atoms with E-state index in [9.17, 15) is 9.90 Å². The maximum absolute atomic E-state index is 11.7. The van der Waals surface area contributed by atoms with Gasteiger partial charge in [0.25, 0.3) is 0 Å². The number of hydrogen-bond donors (Lipinski definition) is 3. The molecular formula is C12H17ClN2O2S. The largest absolute Gasteiger partial charge is 0.388 e. The number of hydrogen-bond acceptors (Lipinski definition) is 3. The highest BCUT2D eigenvalue weighted by atomic mass is 35.5. The Bertz CT molecular complexity index is 431. The van der Waals surface area contributed by atoms with Crippen LogP contribution in [0.1, 0.15) is 37.1 Å². The van der Waals surface area contributed by atoms with E-state index < -0.39 is 5.60 Å². The van der Waals surface area contributed by atoms with Crippen LogP contribution in [0.2, 0.25) is 4.34 Å². The highest BCUT2D eigenvalue weighted by Gasteiger charge is 2.34. The monoisotopic (exact) mass is 288 g/mol. The molecule has 1 heterocycles. The van der Waals surface area contributed by atoms with Crippen LogP contribution in [0.15, 0.2) is 12.1 Å². The van der Waals surface area contributed by atoms with E-state index in [1.54, 1.807) is 0 Å². The number of carbonyl (C=O) groups excluding carboxylic acids is 1. The van der Waals surface area contributed by atoms with Crippen molar-refractivity contribution in [2.24, 2.45) is 0 Å². The van der Waals surface area contributed by atoms with Crippen molar-refractivity contribution in [2.75, 3.05) is 6.54 Å². The van der Waals surface area contributed by atoms with E-state index in [2.05, 4.69) is 10.6 Å². The summed E-state index contributed by atoms with van der Waals surface area (Å²) >= 11 is 7.30. The molecular weight excluding hydrogens is 272 g/mol. The first-order valence-electron chi connectivity index (χ1n) is 6.00. The van der Waals surface area contributed by atoms with Crippen molar-refractivity contribution in [3.05, 3.63) is 21.3 Å². The molecule has 18 heavy (non-hydrogen) atoms. The Morgan fingerprint density at radius 2 is 2.33 bits per heavy atom. The molecule has 2 rings (SSSR count). The van der Waals surface area contributed by atoms with E-state index in [0.29, 0.717) is 10.9 Å². The highest BCUT2D eigenvalue weighted by Crippen LogP contribution is 2.30. The van der Waals surface area contributed by atoms with Gasteiger partial charge < -0.3 is 15.7 Å². The Hall–Kier alpha value is -0.780. The lowest BCUT2D eigenvalue weighted by atomic mass is 9.80. The normalized spacial score (nSPS) is 18.8. The summed E-state index contributed by atoms with van der Waals surface area (Å²) in [5.74, 6) is 0. The molecule has 1 aliphatic rings. The molecule has 0 bridgehead atoms. The molecule has 3 N–H and O–H groups in total. The fourth-order valence-corrected chi connectivity index (χ4v) is 2.95. The average molecular weight is 289 g/mol. The number of aliphatic hydroxyl groups is 1. The second-order valence-corrected chi connectivity index (χ2v) is 6.52. The second kappa shape index (κ2) is 5.47. The minimum absolute atomic E-state index is 0.0847. The number of rotatable bonds is 4. The third-order valence-corrected chi connectivity index (χ3v) is 4.64. The first kappa shape index (κ1) is 13.6. The first-order valence-corrected chi connectivity index (χ1v) is 7.20. The molecule has 100 valence electrons. The van der Waals surface area contributed by atoms with Crippen LogP contribution in [-0.2, 0) is 0 Å². The fraction of sp³-hybridized carbons (Fsp3) is 0.583. The summed E-state index contributed by atoms with van der Waals surface area (Å²) in [6.07, 6.45) is 2.57. The zero-order chi connectivity index (χ0) is 13.2. The van der Waals surface area contributed by atoms with Gasteiger partial charge in [-0.3, -0.25) is 0 Å². The van der Waals surface area contributed by atoms with Gasteiger partial charge in [0, 0.05) is 11.4 Å². The van der Waals surface area contributed by atoms with Crippen LogP contribution in [0.25, 0.3) is 0 Å². The van der Waals surface area contributed by atoms with Crippen molar-refractivity contribution in [1.29, 1.82) is 0 Å². The van der Waals surface area contributed by atoms with Crippen molar-refractivity contribution in [3.8, 4) is 0 Å². The molecule has 1 aliphatic carbocycles. The Labute approximate surface area is 115 Å². The molecule has 0 spiro atoms. The van der Waals surface area contributed by atoms with E-state index >= 15 is 0 Å². The average Bonchev–Trinajstić information content (AvgIpc) is 2.70. The standard InChI is InChI=1S/C12H17ClN2O2S/c1-8(9-3-4-10(13)18-9)15-11(16)14-7-12(17)5-2-6-12/h3-4,8,17H,2,5-7H2,1H3,(H2,14,15,16). The fourth-order valence-electron chi connectivity index (χ4n) is 1.89. The van der Waals surface area contributed by atoms with Crippen LogP contribution in [0.4, 0.5) is 4.79 Å². The van der Waals surface area contributed by atoms with Crippen molar-refractivity contribution in [2.45, 2.75) is 37.8 Å². The number of thiophene rings is 1. The van der Waals surface area contributed by atoms with Crippen molar-refractivity contribution in [3.63, 3.8) is 0 Å². The molecule has 1 aromatic heterocycles. The lowest BCUT2D eigenvalue weighted by Gasteiger charge is -2.36. The van der Waals surface area contributed by atoms with Crippen LogP contribution in [0.3, 0.4) is 0 Å². The number of amides is 2. The number of halogens is 1. The van der Waals surface area contributed by atoms with Crippen molar-refractivity contribution < 1.29 is 9.90 Å². The van der Waals surface area contributed by atoms with E-state index in [0.717, 1.165) is 24.1 Å². The number of carbonyl (C=O) groups is 1. The van der Waals surface area contributed by atoms with Crippen LogP contribution in [0, 0.1) is 0 Å². The molecule has 1 aromatic rings. The third-order valence-electron chi connectivity index (χ3n) is 3.23. The van der Waals surface area contributed by atoms with E-state index in [1.807, 2.05) is 19.1 Å². The summed E-state index contributed by atoms with van der Waals surface area (Å²) in [6.45, 7) is 2.22. The van der Waals surface area contributed by atoms with Gasteiger partial charge in [-0.15, -0.1) is 11.3 Å². The predicted molar refractivity (Wildman–Crippen MR) is 73.1 cm³/mol. The molecule has 0 aliphatic heterocycles. The zero-order valence-electron chi connectivity index (χ0n) is 10.2. The Morgan fingerprint density at radius 3 is 2.83 bits per heavy atom. The van der Waals surface area contributed by atoms with Crippen molar-refractivity contribution in [1.82, 2.24) is 10.6 Å². The van der Waals surface area contributed by atoms with Crippen LogP contribution >= 0.6 is 22.9 Å². The molecule has 1 unspecified atom stereocenters. The lowest BCUT2D eigenvalue weighted by Crippen LogP contribution is -2.50. The lowest BCUT2D eigenvalue weighted by molar-refractivity contribution is -0.0290. The SMILES string of the molecule is CC(NC(=O)NCC1(O)CCC1)c1ccc(Cl)s1. The van der Waals surface area contributed by atoms with Gasteiger partial charge in [-0.25, -0.2) is 4.79 Å². The summed E-state index contributed by atoms with van der Waals surface area (Å²) < 4.78 is 0.711. The van der Waals surface area contributed by atoms with Gasteiger partial charge in [-0.2, -0.15) is 0 Å². The van der Waals surface area contributed by atoms with Gasteiger partial charge in [0.15, 0.2) is 0 Å². The number of urea groups is 1. The minimum Gasteiger partial charge on any atom is -0.388 e. The first-order chi connectivity index (χ1) is 8.48. The zero-order valence-corrected chi connectivity index (χ0v) is 11.8. The molecule has 0 radical (unpaired) electrons. The molecule has 0 aromatic carbocycles. The smallest absolute Gasteiger partial charge is 0.315 e. The highest BCUT2D eigenvalue weighted by molar-refractivity contribution is 7.16. The molecule has 1 atom stereocenters. The minimum atomic E-state index is -0.688.